The van der Waals surface area contributed by atoms with Crippen LogP contribution in [0.2, 0.25) is 5.02 Å². The van der Waals surface area contributed by atoms with Gasteiger partial charge in [-0.2, -0.15) is 4.31 Å². The second-order valence-corrected chi connectivity index (χ2v) is 9.07. The van der Waals surface area contributed by atoms with E-state index in [0.717, 1.165) is 0 Å². The Labute approximate surface area is 168 Å². The minimum atomic E-state index is -3.81. The lowest BCUT2D eigenvalue weighted by Gasteiger charge is -2.34. The third-order valence-electron chi connectivity index (χ3n) is 4.31. The predicted molar refractivity (Wildman–Crippen MR) is 106 cm³/mol. The fourth-order valence-corrected chi connectivity index (χ4v) is 4.92. The van der Waals surface area contributed by atoms with Gasteiger partial charge in [0.05, 0.1) is 27.7 Å². The number of benzene rings is 2. The number of phenols is 1. The summed E-state index contributed by atoms with van der Waals surface area (Å²) < 4.78 is 33.0. The number of carbonyl (C=O) groups is 1. The molecule has 0 bridgehead atoms. The molecular weight excluding hydrogens is 404 g/mol. The van der Waals surface area contributed by atoms with E-state index in [1.54, 1.807) is 12.1 Å². The molecule has 0 aromatic heterocycles. The number of sulfonamides is 1. The molecule has 1 heterocycles. The van der Waals surface area contributed by atoms with Gasteiger partial charge in [-0.25, -0.2) is 8.42 Å². The largest absolute Gasteiger partial charge is 0.508 e. The zero-order chi connectivity index (χ0) is 20.5. The maximum Gasteiger partial charge on any atom is 0.257 e. The molecule has 28 heavy (non-hydrogen) atoms. The van der Waals surface area contributed by atoms with E-state index >= 15 is 0 Å². The molecule has 0 spiro atoms. The van der Waals surface area contributed by atoms with Crippen LogP contribution in [0.15, 0.2) is 47.4 Å². The van der Waals surface area contributed by atoms with Crippen molar-refractivity contribution in [3.63, 3.8) is 0 Å². The van der Waals surface area contributed by atoms with E-state index in [1.165, 1.54) is 34.6 Å². The van der Waals surface area contributed by atoms with E-state index in [2.05, 4.69) is 5.32 Å². The van der Waals surface area contributed by atoms with Crippen molar-refractivity contribution in [3.05, 3.63) is 53.1 Å². The smallest absolute Gasteiger partial charge is 0.257 e. The van der Waals surface area contributed by atoms with Crippen LogP contribution in [-0.2, 0) is 14.8 Å². The Morgan fingerprint density at radius 2 is 1.86 bits per heavy atom. The van der Waals surface area contributed by atoms with Gasteiger partial charge in [0.1, 0.15) is 5.75 Å². The van der Waals surface area contributed by atoms with Crippen LogP contribution in [0.4, 0.5) is 5.69 Å². The summed E-state index contributed by atoms with van der Waals surface area (Å²) in [5.74, 6) is -0.577. The van der Waals surface area contributed by atoms with Gasteiger partial charge in [-0.3, -0.25) is 4.79 Å². The van der Waals surface area contributed by atoms with Gasteiger partial charge in [0, 0.05) is 24.8 Å². The highest BCUT2D eigenvalue weighted by molar-refractivity contribution is 7.89. The Kier molecular flexibility index (Phi) is 5.95. The van der Waals surface area contributed by atoms with E-state index in [1.807, 2.05) is 13.8 Å². The van der Waals surface area contributed by atoms with Crippen molar-refractivity contribution < 1.29 is 23.1 Å². The molecule has 1 fully saturated rings. The van der Waals surface area contributed by atoms with Gasteiger partial charge >= 0.3 is 0 Å². The molecule has 1 aliphatic heterocycles. The van der Waals surface area contributed by atoms with Gasteiger partial charge in [-0.1, -0.05) is 17.7 Å². The number of phenolic OH excluding ortho intramolecular Hbond substituents is 1. The normalized spacial score (nSPS) is 20.7. The summed E-state index contributed by atoms with van der Waals surface area (Å²) in [5, 5.41) is 12.2. The number of aromatic hydroxyl groups is 1. The molecule has 1 aliphatic rings. The molecule has 2 N–H and O–H groups in total. The second-order valence-electron chi connectivity index (χ2n) is 6.73. The molecule has 1 amide bonds. The van der Waals surface area contributed by atoms with Gasteiger partial charge in [-0.15, -0.1) is 0 Å². The molecule has 2 unspecified atom stereocenters. The number of morpholine rings is 1. The molecule has 2 aromatic rings. The molecule has 2 atom stereocenters. The van der Waals surface area contributed by atoms with Crippen molar-refractivity contribution in [2.45, 2.75) is 31.0 Å². The first-order chi connectivity index (χ1) is 13.2. The zero-order valence-electron chi connectivity index (χ0n) is 15.4. The Morgan fingerprint density at radius 1 is 1.18 bits per heavy atom. The Balaban J connectivity index is 1.89. The van der Waals surface area contributed by atoms with E-state index in [0.29, 0.717) is 5.69 Å². The molecule has 3 rings (SSSR count). The number of nitrogens with one attached hydrogen (secondary N) is 1. The molecule has 0 radical (unpaired) electrons. The van der Waals surface area contributed by atoms with Gasteiger partial charge in [0.15, 0.2) is 0 Å². The summed E-state index contributed by atoms with van der Waals surface area (Å²) in [5.41, 5.74) is 0.394. The number of amides is 1. The number of anilines is 1. The lowest BCUT2D eigenvalue weighted by atomic mass is 10.2. The zero-order valence-corrected chi connectivity index (χ0v) is 17.0. The fraction of sp³-hybridized carbons (Fsp3) is 0.316. The topological polar surface area (TPSA) is 95.9 Å². The summed E-state index contributed by atoms with van der Waals surface area (Å²) in [6.07, 6.45) is -0.446. The first-order valence-corrected chi connectivity index (χ1v) is 10.5. The van der Waals surface area contributed by atoms with Crippen molar-refractivity contribution in [2.75, 3.05) is 18.4 Å². The maximum atomic E-state index is 13.0. The van der Waals surface area contributed by atoms with Gasteiger partial charge < -0.3 is 15.2 Å². The highest BCUT2D eigenvalue weighted by Crippen LogP contribution is 2.26. The van der Waals surface area contributed by atoms with Crippen molar-refractivity contribution >= 4 is 33.2 Å². The summed E-state index contributed by atoms with van der Waals surface area (Å²) in [6, 6.07) is 10.1. The SMILES string of the molecule is CC1CN(S(=O)(=O)c2ccc(Cl)c(C(=O)Nc3cccc(O)c3)c2)CC(C)O1. The third kappa shape index (κ3) is 4.47. The lowest BCUT2D eigenvalue weighted by Crippen LogP contribution is -2.48. The summed E-state index contributed by atoms with van der Waals surface area (Å²) in [7, 11) is -3.81. The van der Waals surface area contributed by atoms with Crippen LogP contribution in [0.5, 0.6) is 5.75 Å². The van der Waals surface area contributed by atoms with E-state index in [-0.39, 0.29) is 46.5 Å². The van der Waals surface area contributed by atoms with Crippen molar-refractivity contribution in [2.24, 2.45) is 0 Å². The van der Waals surface area contributed by atoms with Crippen molar-refractivity contribution in [1.82, 2.24) is 4.31 Å². The molecule has 150 valence electrons. The van der Waals surface area contributed by atoms with Crippen LogP contribution in [0.1, 0.15) is 24.2 Å². The van der Waals surface area contributed by atoms with Gasteiger partial charge in [0.25, 0.3) is 5.91 Å². The average Bonchev–Trinajstić information content (AvgIpc) is 2.61. The highest BCUT2D eigenvalue weighted by atomic mass is 35.5. The van der Waals surface area contributed by atoms with Gasteiger partial charge in [-0.05, 0) is 44.2 Å². The van der Waals surface area contributed by atoms with Crippen LogP contribution in [0, 0.1) is 0 Å². The number of rotatable bonds is 4. The monoisotopic (exact) mass is 424 g/mol. The Hall–Kier alpha value is -2.13. The number of ether oxygens (including phenoxy) is 1. The van der Waals surface area contributed by atoms with Crippen molar-refractivity contribution in [1.29, 1.82) is 0 Å². The number of hydrogen-bond donors (Lipinski definition) is 2. The van der Waals surface area contributed by atoms with Crippen LogP contribution >= 0.6 is 11.6 Å². The van der Waals surface area contributed by atoms with Crippen LogP contribution in [0.25, 0.3) is 0 Å². The first-order valence-electron chi connectivity index (χ1n) is 8.72. The molecule has 2 aromatic carbocycles. The number of halogens is 1. The summed E-state index contributed by atoms with van der Waals surface area (Å²) in [4.78, 5) is 12.6. The molecule has 0 aliphatic carbocycles. The second kappa shape index (κ2) is 8.08. The summed E-state index contributed by atoms with van der Waals surface area (Å²) >= 11 is 6.13. The standard InChI is InChI=1S/C19H21ClN2O5S/c1-12-10-22(11-13(2)27-12)28(25,26)16-6-7-18(20)17(9-16)19(24)21-14-4-3-5-15(23)8-14/h3-9,12-13,23H,10-11H2,1-2H3,(H,21,24). The van der Waals surface area contributed by atoms with Crippen molar-refractivity contribution in [3.8, 4) is 5.75 Å². The summed E-state index contributed by atoms with van der Waals surface area (Å²) in [6.45, 7) is 4.10. The fourth-order valence-electron chi connectivity index (χ4n) is 3.10. The molecule has 1 saturated heterocycles. The predicted octanol–water partition coefficient (Wildman–Crippen LogP) is 3.10. The number of nitrogens with zero attached hydrogens (tertiary/aromatic N) is 1. The minimum Gasteiger partial charge on any atom is -0.508 e. The lowest BCUT2D eigenvalue weighted by molar-refractivity contribution is -0.0440. The highest BCUT2D eigenvalue weighted by Gasteiger charge is 2.32. The van der Waals surface area contributed by atoms with E-state index in [4.69, 9.17) is 16.3 Å². The Morgan fingerprint density at radius 3 is 2.50 bits per heavy atom. The quantitative estimate of drug-likeness (QED) is 0.786. The molecule has 0 saturated carbocycles. The maximum absolute atomic E-state index is 13.0. The third-order valence-corrected chi connectivity index (χ3v) is 6.47. The van der Waals surface area contributed by atoms with Crippen LogP contribution in [0.3, 0.4) is 0 Å². The molecule has 9 heteroatoms. The number of carbonyl (C=O) groups excluding carboxylic acids is 1. The molecule has 7 nitrogen and oxygen atoms in total. The first kappa shape index (κ1) is 20.6. The Bertz CT molecular complexity index is 986. The minimum absolute atomic E-state index is 0.00391. The van der Waals surface area contributed by atoms with E-state index in [9.17, 15) is 18.3 Å². The van der Waals surface area contributed by atoms with Crippen LogP contribution in [-0.4, -0.2) is 49.0 Å². The van der Waals surface area contributed by atoms with Gasteiger partial charge in [0.2, 0.25) is 10.0 Å². The average molecular weight is 425 g/mol. The molecular formula is C19H21ClN2O5S. The van der Waals surface area contributed by atoms with Crippen LogP contribution < -0.4 is 5.32 Å². The number of hydrogen-bond acceptors (Lipinski definition) is 5. The van der Waals surface area contributed by atoms with E-state index < -0.39 is 15.9 Å².